The zero-order valence-electron chi connectivity index (χ0n) is 15.9. The maximum Gasteiger partial charge on any atom is 0.284 e. The third kappa shape index (κ3) is 6.57. The lowest BCUT2D eigenvalue weighted by Gasteiger charge is -2.36. The van der Waals surface area contributed by atoms with Crippen molar-refractivity contribution in [2.75, 3.05) is 60.0 Å². The van der Waals surface area contributed by atoms with Gasteiger partial charge in [0.15, 0.2) is 11.7 Å². The lowest BCUT2D eigenvalue weighted by Crippen LogP contribution is -2.54. The van der Waals surface area contributed by atoms with Crippen LogP contribution in [-0.4, -0.2) is 87.6 Å². The molecule has 0 atom stereocenters. The number of ether oxygens (including phenoxy) is 1. The highest BCUT2D eigenvalue weighted by atomic mass is 16.5. The van der Waals surface area contributed by atoms with E-state index in [1.165, 1.54) is 0 Å². The number of primary amides is 1. The molecule has 0 radical (unpaired) electrons. The minimum atomic E-state index is -0.590. The number of piperazine rings is 1. The van der Waals surface area contributed by atoms with Crippen molar-refractivity contribution in [1.82, 2.24) is 20.4 Å². The summed E-state index contributed by atoms with van der Waals surface area (Å²) in [5.41, 5.74) is 5.18. The first-order valence-electron chi connectivity index (χ1n) is 8.85. The molecule has 0 aromatic carbocycles. The number of amides is 2. The van der Waals surface area contributed by atoms with Gasteiger partial charge in [-0.25, -0.2) is 0 Å². The van der Waals surface area contributed by atoms with Gasteiger partial charge in [-0.2, -0.15) is 0 Å². The molecule has 1 fully saturated rings. The van der Waals surface area contributed by atoms with E-state index in [0.717, 1.165) is 32.1 Å². The summed E-state index contributed by atoms with van der Waals surface area (Å²) in [6, 6.07) is 3.26. The van der Waals surface area contributed by atoms with Crippen LogP contribution in [0.1, 0.15) is 16.3 Å². The van der Waals surface area contributed by atoms with Gasteiger partial charge in [0.05, 0.1) is 19.7 Å². The fourth-order valence-electron chi connectivity index (χ4n) is 2.77. The van der Waals surface area contributed by atoms with Gasteiger partial charge in [-0.1, -0.05) is 0 Å². The third-order valence-electron chi connectivity index (χ3n) is 4.20. The molecule has 2 amide bonds. The number of hydrogen-bond donors (Lipinski definition) is 3. The first-order chi connectivity index (χ1) is 13.0. The van der Waals surface area contributed by atoms with Crippen molar-refractivity contribution in [1.29, 1.82) is 0 Å². The summed E-state index contributed by atoms with van der Waals surface area (Å²) in [5.74, 6) is 0.908. The molecule has 0 saturated carbocycles. The first-order valence-corrected chi connectivity index (χ1v) is 8.85. The lowest BCUT2D eigenvalue weighted by atomic mass is 10.3. The van der Waals surface area contributed by atoms with Crippen LogP contribution < -0.4 is 16.4 Å². The molecular formula is C17H28N6O4. The topological polar surface area (TPSA) is 125 Å². The number of guanidine groups is 1. The Kier molecular flexibility index (Phi) is 8.08. The van der Waals surface area contributed by atoms with Crippen LogP contribution in [0.5, 0.6) is 0 Å². The summed E-state index contributed by atoms with van der Waals surface area (Å²) in [4.78, 5) is 31.5. The molecule has 2 heterocycles. The van der Waals surface area contributed by atoms with Gasteiger partial charge in [-0.05, 0) is 12.1 Å². The van der Waals surface area contributed by atoms with Crippen molar-refractivity contribution in [3.8, 4) is 0 Å². The molecule has 27 heavy (non-hydrogen) atoms. The Morgan fingerprint density at radius 3 is 2.59 bits per heavy atom. The van der Waals surface area contributed by atoms with Gasteiger partial charge in [-0.15, -0.1) is 0 Å². The van der Waals surface area contributed by atoms with Crippen LogP contribution in [0.15, 0.2) is 21.5 Å². The average Bonchev–Trinajstić information content (AvgIpc) is 3.13. The van der Waals surface area contributed by atoms with Crippen LogP contribution in [-0.2, 0) is 16.1 Å². The lowest BCUT2D eigenvalue weighted by molar-refractivity contribution is -0.122. The Morgan fingerprint density at radius 2 is 2.00 bits per heavy atom. The van der Waals surface area contributed by atoms with Gasteiger partial charge in [0.2, 0.25) is 5.91 Å². The molecule has 0 aliphatic carbocycles. The number of nitrogens with zero attached hydrogens (tertiary/aromatic N) is 3. The molecule has 1 saturated heterocycles. The molecule has 150 valence electrons. The van der Waals surface area contributed by atoms with Crippen molar-refractivity contribution >= 4 is 17.8 Å². The standard InChI is InChI=1S/C17H28N6O4/c1-19-17(21-11-13-3-4-14(27-13)16(18)25)23-8-6-22(7-9-23)12-15(24)20-5-10-26-2/h3-4H,5-12H2,1-2H3,(H2,18,25)(H,19,21)(H,20,24). The van der Waals surface area contributed by atoms with E-state index in [1.54, 1.807) is 26.3 Å². The van der Waals surface area contributed by atoms with Crippen molar-refractivity contribution in [3.05, 3.63) is 23.7 Å². The fraction of sp³-hybridized carbons (Fsp3) is 0.588. The van der Waals surface area contributed by atoms with E-state index in [0.29, 0.717) is 32.0 Å². The van der Waals surface area contributed by atoms with Gasteiger partial charge >= 0.3 is 0 Å². The highest BCUT2D eigenvalue weighted by molar-refractivity contribution is 5.89. The molecule has 2 rings (SSSR count). The number of carbonyl (C=O) groups excluding carboxylic acids is 2. The highest BCUT2D eigenvalue weighted by Crippen LogP contribution is 2.08. The zero-order valence-corrected chi connectivity index (χ0v) is 15.9. The Labute approximate surface area is 158 Å². The molecule has 1 aliphatic rings. The van der Waals surface area contributed by atoms with E-state index in [2.05, 4.69) is 25.4 Å². The van der Waals surface area contributed by atoms with Gasteiger partial charge in [0, 0.05) is 46.9 Å². The first kappa shape index (κ1) is 20.7. The third-order valence-corrected chi connectivity index (χ3v) is 4.20. The van der Waals surface area contributed by atoms with E-state index in [-0.39, 0.29) is 11.7 Å². The smallest absolute Gasteiger partial charge is 0.284 e. The Balaban J connectivity index is 1.74. The second-order valence-corrected chi connectivity index (χ2v) is 6.14. The highest BCUT2D eigenvalue weighted by Gasteiger charge is 2.21. The number of carbonyl (C=O) groups is 2. The summed E-state index contributed by atoms with van der Waals surface area (Å²) < 4.78 is 10.3. The van der Waals surface area contributed by atoms with Crippen LogP contribution in [0.4, 0.5) is 0 Å². The summed E-state index contributed by atoms with van der Waals surface area (Å²) in [5, 5.41) is 6.04. The van der Waals surface area contributed by atoms with E-state index in [9.17, 15) is 9.59 Å². The Bertz CT molecular complexity index is 652. The number of nitrogens with two attached hydrogens (primary N) is 1. The van der Waals surface area contributed by atoms with Crippen LogP contribution in [0.3, 0.4) is 0 Å². The number of rotatable bonds is 8. The van der Waals surface area contributed by atoms with Gasteiger partial charge in [0.25, 0.3) is 5.91 Å². The summed E-state index contributed by atoms with van der Waals surface area (Å²) in [7, 11) is 3.32. The molecule has 0 unspecified atom stereocenters. The Morgan fingerprint density at radius 1 is 1.26 bits per heavy atom. The van der Waals surface area contributed by atoms with E-state index in [4.69, 9.17) is 14.9 Å². The number of methoxy groups -OCH3 is 1. The molecule has 10 nitrogen and oxygen atoms in total. The van der Waals surface area contributed by atoms with Crippen molar-refractivity contribution in [2.45, 2.75) is 6.54 Å². The molecule has 0 bridgehead atoms. The van der Waals surface area contributed by atoms with E-state index in [1.807, 2.05) is 0 Å². The van der Waals surface area contributed by atoms with Gasteiger partial charge in [-0.3, -0.25) is 19.5 Å². The summed E-state index contributed by atoms with van der Waals surface area (Å²) in [6.07, 6.45) is 0. The fourth-order valence-corrected chi connectivity index (χ4v) is 2.77. The monoisotopic (exact) mass is 380 g/mol. The Hall–Kier alpha value is -2.59. The molecular weight excluding hydrogens is 352 g/mol. The van der Waals surface area contributed by atoms with Crippen LogP contribution in [0.25, 0.3) is 0 Å². The predicted octanol–water partition coefficient (Wildman–Crippen LogP) is -1.17. The van der Waals surface area contributed by atoms with Crippen LogP contribution >= 0.6 is 0 Å². The molecule has 10 heteroatoms. The number of aliphatic imine (C=N–C) groups is 1. The van der Waals surface area contributed by atoms with Crippen LogP contribution in [0, 0.1) is 0 Å². The van der Waals surface area contributed by atoms with Gasteiger partial charge in [0.1, 0.15) is 5.76 Å². The number of furan rings is 1. The minimum absolute atomic E-state index is 0.00563. The average molecular weight is 380 g/mol. The molecule has 1 aliphatic heterocycles. The SMILES string of the molecule is CN=C(NCc1ccc(C(N)=O)o1)N1CCN(CC(=O)NCCOC)CC1. The number of hydrogen-bond acceptors (Lipinski definition) is 6. The van der Waals surface area contributed by atoms with Crippen molar-refractivity contribution in [3.63, 3.8) is 0 Å². The van der Waals surface area contributed by atoms with Crippen LogP contribution in [0.2, 0.25) is 0 Å². The molecule has 1 aromatic heterocycles. The molecule has 4 N–H and O–H groups in total. The quantitative estimate of drug-likeness (QED) is 0.295. The maximum atomic E-state index is 11.9. The largest absolute Gasteiger partial charge is 0.454 e. The second kappa shape index (κ2) is 10.5. The molecule has 1 aromatic rings. The van der Waals surface area contributed by atoms with E-state index < -0.39 is 5.91 Å². The van der Waals surface area contributed by atoms with E-state index >= 15 is 0 Å². The van der Waals surface area contributed by atoms with Crippen molar-refractivity contribution < 1.29 is 18.7 Å². The predicted molar refractivity (Wildman–Crippen MR) is 100 cm³/mol. The van der Waals surface area contributed by atoms with Crippen molar-refractivity contribution in [2.24, 2.45) is 10.7 Å². The zero-order chi connectivity index (χ0) is 19.6. The summed E-state index contributed by atoms with van der Waals surface area (Å²) >= 11 is 0. The maximum absolute atomic E-state index is 11.9. The number of nitrogens with one attached hydrogen (secondary N) is 2. The summed E-state index contributed by atoms with van der Waals surface area (Å²) in [6.45, 7) is 4.88. The molecule has 0 spiro atoms. The second-order valence-electron chi connectivity index (χ2n) is 6.14. The van der Waals surface area contributed by atoms with Gasteiger partial charge < -0.3 is 30.4 Å². The minimum Gasteiger partial charge on any atom is -0.454 e. The normalized spacial score (nSPS) is 15.6.